The highest BCUT2D eigenvalue weighted by Gasteiger charge is 2.28. The summed E-state index contributed by atoms with van der Waals surface area (Å²) in [6, 6.07) is 0. The van der Waals surface area contributed by atoms with Crippen LogP contribution in [0, 0.1) is 10.1 Å². The Labute approximate surface area is 111 Å². The zero-order chi connectivity index (χ0) is 14.6. The van der Waals surface area contributed by atoms with Gasteiger partial charge in [0, 0.05) is 20.6 Å². The van der Waals surface area contributed by atoms with Crippen LogP contribution in [-0.2, 0) is 23.0 Å². The molecule has 0 atom stereocenters. The molecule has 0 saturated heterocycles. The van der Waals surface area contributed by atoms with Crippen molar-refractivity contribution in [3.8, 4) is 0 Å². The second kappa shape index (κ2) is 6.17. The number of hydrogen-bond acceptors (Lipinski definition) is 6. The van der Waals surface area contributed by atoms with Crippen molar-refractivity contribution in [1.29, 1.82) is 0 Å². The van der Waals surface area contributed by atoms with Crippen molar-refractivity contribution < 1.29 is 14.5 Å². The van der Waals surface area contributed by atoms with E-state index in [1.165, 1.54) is 11.8 Å². The van der Waals surface area contributed by atoms with Gasteiger partial charge in [-0.3, -0.25) is 14.9 Å². The predicted octanol–water partition coefficient (Wildman–Crippen LogP) is 0.890. The Kier molecular flexibility index (Phi) is 4.85. The summed E-state index contributed by atoms with van der Waals surface area (Å²) in [6.45, 7) is 2.14. The number of hydrogen-bond donors (Lipinski definition) is 0. The van der Waals surface area contributed by atoms with Gasteiger partial charge in [0.05, 0.1) is 18.5 Å². The molecule has 0 aliphatic rings. The molecule has 19 heavy (non-hydrogen) atoms. The van der Waals surface area contributed by atoms with E-state index >= 15 is 0 Å². The van der Waals surface area contributed by atoms with Crippen molar-refractivity contribution in [2.24, 2.45) is 7.05 Å². The third-order valence-electron chi connectivity index (χ3n) is 2.82. The molecule has 0 unspecified atom stereocenters. The van der Waals surface area contributed by atoms with Gasteiger partial charge < -0.3 is 9.64 Å². The lowest BCUT2D eigenvalue weighted by atomic mass is 10.3. The SMILES string of the molecule is CCc1nn(C)c(N(C)CCC(=O)OC)c1[N+](=O)[O-]. The van der Waals surface area contributed by atoms with E-state index in [1.54, 1.807) is 19.0 Å². The Morgan fingerprint density at radius 2 is 2.21 bits per heavy atom. The molecule has 0 aromatic carbocycles. The Hall–Kier alpha value is -2.12. The molecule has 8 nitrogen and oxygen atoms in total. The maximum atomic E-state index is 11.1. The average Bonchev–Trinajstić information content (AvgIpc) is 2.72. The average molecular weight is 270 g/mol. The van der Waals surface area contributed by atoms with Crippen LogP contribution in [0.4, 0.5) is 11.5 Å². The monoisotopic (exact) mass is 270 g/mol. The number of aromatic nitrogens is 2. The Balaban J connectivity index is 3.01. The van der Waals surface area contributed by atoms with Crippen molar-refractivity contribution >= 4 is 17.5 Å². The lowest BCUT2D eigenvalue weighted by Crippen LogP contribution is -2.24. The van der Waals surface area contributed by atoms with Gasteiger partial charge in [-0.05, 0) is 6.42 Å². The molecule has 1 heterocycles. The molecule has 8 heteroatoms. The summed E-state index contributed by atoms with van der Waals surface area (Å²) in [4.78, 5) is 23.5. The van der Waals surface area contributed by atoms with Crippen LogP contribution < -0.4 is 4.90 Å². The van der Waals surface area contributed by atoms with Crippen LogP contribution in [0.15, 0.2) is 0 Å². The first-order valence-corrected chi connectivity index (χ1v) is 5.90. The normalized spacial score (nSPS) is 10.3. The third-order valence-corrected chi connectivity index (χ3v) is 2.82. The maximum Gasteiger partial charge on any atom is 0.334 e. The molecule has 106 valence electrons. The van der Waals surface area contributed by atoms with Gasteiger partial charge in [-0.1, -0.05) is 6.92 Å². The Morgan fingerprint density at radius 1 is 1.58 bits per heavy atom. The molecule has 1 aromatic rings. The zero-order valence-electron chi connectivity index (χ0n) is 11.5. The minimum absolute atomic E-state index is 0.00244. The summed E-state index contributed by atoms with van der Waals surface area (Å²) in [7, 11) is 4.65. The van der Waals surface area contributed by atoms with Crippen LogP contribution in [0.1, 0.15) is 19.0 Å². The van der Waals surface area contributed by atoms with E-state index in [1.807, 2.05) is 6.92 Å². The van der Waals surface area contributed by atoms with Crippen LogP contribution in [-0.4, -0.2) is 41.4 Å². The van der Waals surface area contributed by atoms with Gasteiger partial charge in [-0.2, -0.15) is 5.10 Å². The molecule has 0 N–H and O–H groups in total. The maximum absolute atomic E-state index is 11.1. The number of rotatable bonds is 6. The molecule has 0 fully saturated rings. The van der Waals surface area contributed by atoms with E-state index in [0.29, 0.717) is 24.5 Å². The number of nitrogens with zero attached hydrogens (tertiary/aromatic N) is 4. The molecule has 1 aromatic heterocycles. The van der Waals surface area contributed by atoms with Crippen molar-refractivity contribution in [3.63, 3.8) is 0 Å². The fourth-order valence-corrected chi connectivity index (χ4v) is 1.88. The summed E-state index contributed by atoms with van der Waals surface area (Å²) in [5.41, 5.74) is 0.435. The number of carbonyl (C=O) groups is 1. The molecule has 0 aliphatic carbocycles. The molecular formula is C11H18N4O4. The number of esters is 1. The van der Waals surface area contributed by atoms with Gasteiger partial charge in [0.2, 0.25) is 5.82 Å². The minimum Gasteiger partial charge on any atom is -0.469 e. The first-order valence-electron chi connectivity index (χ1n) is 5.90. The van der Waals surface area contributed by atoms with Gasteiger partial charge in [-0.15, -0.1) is 0 Å². The first kappa shape index (κ1) is 14.9. The van der Waals surface area contributed by atoms with Crippen LogP contribution >= 0.6 is 0 Å². The molecule has 0 saturated carbocycles. The fraction of sp³-hybridized carbons (Fsp3) is 0.636. The standard InChI is InChI=1S/C11H18N4O4/c1-5-8-10(15(17)18)11(14(3)12-8)13(2)7-6-9(16)19-4/h5-7H2,1-4H3. The molecule has 1 rings (SSSR count). The first-order chi connectivity index (χ1) is 8.92. The summed E-state index contributed by atoms with van der Waals surface area (Å²) in [5, 5.41) is 15.3. The Morgan fingerprint density at radius 3 is 2.68 bits per heavy atom. The molecular weight excluding hydrogens is 252 g/mol. The molecule has 0 bridgehead atoms. The summed E-state index contributed by atoms with van der Waals surface area (Å²) in [6.07, 6.45) is 0.645. The molecule has 0 amide bonds. The lowest BCUT2D eigenvalue weighted by molar-refractivity contribution is -0.384. The number of carbonyl (C=O) groups excluding carboxylic acids is 1. The van der Waals surface area contributed by atoms with Crippen molar-refractivity contribution in [1.82, 2.24) is 9.78 Å². The summed E-state index contributed by atoms with van der Waals surface area (Å²) >= 11 is 0. The van der Waals surface area contributed by atoms with E-state index in [4.69, 9.17) is 0 Å². The van der Waals surface area contributed by atoms with Gasteiger partial charge >= 0.3 is 11.7 Å². The van der Waals surface area contributed by atoms with Crippen molar-refractivity contribution in [3.05, 3.63) is 15.8 Å². The molecule has 0 radical (unpaired) electrons. The highest BCUT2D eigenvalue weighted by Crippen LogP contribution is 2.30. The van der Waals surface area contributed by atoms with E-state index in [0.717, 1.165) is 0 Å². The summed E-state index contributed by atoms with van der Waals surface area (Å²) < 4.78 is 6.02. The van der Waals surface area contributed by atoms with Crippen LogP contribution in [0.25, 0.3) is 0 Å². The van der Waals surface area contributed by atoms with Crippen LogP contribution in [0.5, 0.6) is 0 Å². The third kappa shape index (κ3) is 3.21. The topological polar surface area (TPSA) is 90.5 Å². The fourth-order valence-electron chi connectivity index (χ4n) is 1.88. The quantitative estimate of drug-likeness (QED) is 0.433. The van der Waals surface area contributed by atoms with Gasteiger partial charge in [0.15, 0.2) is 0 Å². The largest absolute Gasteiger partial charge is 0.469 e. The van der Waals surface area contributed by atoms with E-state index in [9.17, 15) is 14.9 Å². The van der Waals surface area contributed by atoms with Gasteiger partial charge in [-0.25, -0.2) is 4.68 Å². The molecule has 0 spiro atoms. The Bertz CT molecular complexity index is 483. The highest BCUT2D eigenvalue weighted by atomic mass is 16.6. The summed E-state index contributed by atoms with van der Waals surface area (Å²) in [5.74, 6) is 0.0399. The van der Waals surface area contributed by atoms with E-state index < -0.39 is 4.92 Å². The number of ether oxygens (including phenoxy) is 1. The van der Waals surface area contributed by atoms with Crippen molar-refractivity contribution in [2.45, 2.75) is 19.8 Å². The van der Waals surface area contributed by atoms with Crippen LogP contribution in [0.2, 0.25) is 0 Å². The van der Waals surface area contributed by atoms with Gasteiger partial charge in [0.25, 0.3) is 0 Å². The van der Waals surface area contributed by atoms with Gasteiger partial charge in [0.1, 0.15) is 5.69 Å². The minimum atomic E-state index is -0.435. The van der Waals surface area contributed by atoms with E-state index in [2.05, 4.69) is 9.84 Å². The van der Waals surface area contributed by atoms with Crippen molar-refractivity contribution in [2.75, 3.05) is 25.6 Å². The highest BCUT2D eigenvalue weighted by molar-refractivity contribution is 5.70. The molecule has 0 aliphatic heterocycles. The number of nitro groups is 1. The smallest absolute Gasteiger partial charge is 0.334 e. The lowest BCUT2D eigenvalue weighted by Gasteiger charge is -2.17. The second-order valence-corrected chi connectivity index (χ2v) is 4.10. The second-order valence-electron chi connectivity index (χ2n) is 4.10. The van der Waals surface area contributed by atoms with E-state index in [-0.39, 0.29) is 18.1 Å². The zero-order valence-corrected chi connectivity index (χ0v) is 11.5. The van der Waals surface area contributed by atoms with Crippen LogP contribution in [0.3, 0.4) is 0 Å². The number of methoxy groups -OCH3 is 1. The number of anilines is 1. The number of aryl methyl sites for hydroxylation is 2. The predicted molar refractivity (Wildman–Crippen MR) is 69.1 cm³/mol.